The first-order valence-corrected chi connectivity index (χ1v) is 7.89. The Morgan fingerprint density at radius 3 is 2.57 bits per heavy atom. The van der Waals surface area contributed by atoms with Crippen molar-refractivity contribution < 1.29 is 8.42 Å². The third-order valence-electron chi connectivity index (χ3n) is 2.75. The fraction of sp³-hybridized carbons (Fsp3) is 0.167. The maximum Gasteiger partial charge on any atom is 0.271 e. The van der Waals surface area contributed by atoms with Crippen molar-refractivity contribution in [1.29, 1.82) is 0 Å². The van der Waals surface area contributed by atoms with Crippen LogP contribution in [0.2, 0.25) is 5.02 Å². The molecule has 0 bridgehead atoms. The van der Waals surface area contributed by atoms with Crippen LogP contribution < -0.4 is 16.0 Å². The maximum absolute atomic E-state index is 11.3. The second-order valence-electron chi connectivity index (χ2n) is 4.26. The predicted molar refractivity (Wildman–Crippen MR) is 79.9 cm³/mol. The van der Waals surface area contributed by atoms with Crippen molar-refractivity contribution in [2.45, 2.75) is 11.3 Å². The third kappa shape index (κ3) is 4.03. The van der Waals surface area contributed by atoms with Crippen LogP contribution >= 0.6 is 11.6 Å². The van der Waals surface area contributed by atoms with Crippen LogP contribution in [0.15, 0.2) is 40.3 Å². The topological polar surface area (TPSA) is 118 Å². The molecule has 0 spiro atoms. The van der Waals surface area contributed by atoms with Crippen molar-refractivity contribution in [3.63, 3.8) is 0 Å². The number of rotatable bonds is 5. The number of hydrogen-bond acceptors (Lipinski definition) is 5. The van der Waals surface area contributed by atoms with E-state index < -0.39 is 15.6 Å². The van der Waals surface area contributed by atoms with Crippen LogP contribution in [0, 0.1) is 0 Å². The van der Waals surface area contributed by atoms with E-state index >= 15 is 0 Å². The Kier molecular flexibility index (Phi) is 4.61. The van der Waals surface area contributed by atoms with Crippen LogP contribution in [-0.4, -0.2) is 24.9 Å². The van der Waals surface area contributed by atoms with E-state index in [2.05, 4.69) is 15.3 Å². The lowest BCUT2D eigenvalue weighted by molar-refractivity contribution is 0.598. The average molecular weight is 329 g/mol. The summed E-state index contributed by atoms with van der Waals surface area (Å²) >= 11 is 5.80. The summed E-state index contributed by atoms with van der Waals surface area (Å²) in [7, 11) is -3.67. The number of nitrogens with one attached hydrogen (secondary N) is 2. The molecule has 2 rings (SSSR count). The minimum absolute atomic E-state index is 0.00192. The molecule has 112 valence electrons. The second-order valence-corrected chi connectivity index (χ2v) is 6.20. The van der Waals surface area contributed by atoms with Gasteiger partial charge in [0.05, 0.1) is 11.2 Å². The summed E-state index contributed by atoms with van der Waals surface area (Å²) in [5.74, 6) is 0.307. The van der Waals surface area contributed by atoms with Gasteiger partial charge < -0.3 is 10.3 Å². The number of H-pyrrole nitrogens is 1. The second kappa shape index (κ2) is 6.25. The lowest BCUT2D eigenvalue weighted by Gasteiger charge is -2.07. The summed E-state index contributed by atoms with van der Waals surface area (Å²) in [6, 6.07) is 6.24. The van der Waals surface area contributed by atoms with Gasteiger partial charge in [-0.25, -0.2) is 18.5 Å². The van der Waals surface area contributed by atoms with Gasteiger partial charge in [-0.3, -0.25) is 4.79 Å². The molecule has 0 saturated carbocycles. The molecule has 0 fully saturated rings. The van der Waals surface area contributed by atoms with E-state index in [9.17, 15) is 13.2 Å². The Balaban J connectivity index is 1.98. The number of primary sulfonamides is 1. The molecule has 0 aliphatic carbocycles. The van der Waals surface area contributed by atoms with Gasteiger partial charge in [-0.15, -0.1) is 0 Å². The zero-order valence-electron chi connectivity index (χ0n) is 10.8. The Bertz CT molecular complexity index is 787. The molecule has 0 amide bonds. The van der Waals surface area contributed by atoms with Gasteiger partial charge in [-0.2, -0.15) is 0 Å². The summed E-state index contributed by atoms with van der Waals surface area (Å²) < 4.78 is 22.2. The molecule has 21 heavy (non-hydrogen) atoms. The first-order chi connectivity index (χ1) is 9.88. The van der Waals surface area contributed by atoms with Gasteiger partial charge in [-0.05, 0) is 24.1 Å². The molecule has 7 nitrogen and oxygen atoms in total. The fourth-order valence-corrected chi connectivity index (χ4v) is 2.36. The Labute approximate surface area is 126 Å². The molecule has 9 heteroatoms. The minimum Gasteiger partial charge on any atom is -0.368 e. The van der Waals surface area contributed by atoms with E-state index in [1.807, 2.05) is 0 Å². The standard InChI is InChI=1S/C12H13ClN4O3S/c13-10-11(16-7-17-12(10)18)15-6-5-8-1-3-9(4-2-8)21(14,19)20/h1-4,7H,5-6H2,(H2,14,19,20)(H2,15,16,17,18). The van der Waals surface area contributed by atoms with Gasteiger partial charge in [0.15, 0.2) is 5.82 Å². The van der Waals surface area contributed by atoms with Gasteiger partial charge in [-0.1, -0.05) is 23.7 Å². The number of anilines is 1. The van der Waals surface area contributed by atoms with Crippen LogP contribution in [0.25, 0.3) is 0 Å². The van der Waals surface area contributed by atoms with E-state index in [4.69, 9.17) is 16.7 Å². The van der Waals surface area contributed by atoms with E-state index in [1.165, 1.54) is 18.5 Å². The van der Waals surface area contributed by atoms with Crippen molar-refractivity contribution in [1.82, 2.24) is 9.97 Å². The molecular weight excluding hydrogens is 316 g/mol. The van der Waals surface area contributed by atoms with Gasteiger partial charge in [0.1, 0.15) is 5.02 Å². The Morgan fingerprint density at radius 2 is 1.95 bits per heavy atom. The number of aromatic nitrogens is 2. The highest BCUT2D eigenvalue weighted by Gasteiger charge is 2.07. The van der Waals surface area contributed by atoms with Gasteiger partial charge in [0.25, 0.3) is 5.56 Å². The molecular formula is C12H13ClN4O3S. The lowest BCUT2D eigenvalue weighted by Crippen LogP contribution is -2.14. The molecule has 4 N–H and O–H groups in total. The van der Waals surface area contributed by atoms with Crippen LogP contribution in [0.5, 0.6) is 0 Å². The summed E-state index contributed by atoms with van der Waals surface area (Å²) in [4.78, 5) is 17.6. The monoisotopic (exact) mass is 328 g/mol. The van der Waals surface area contributed by atoms with Crippen LogP contribution in [-0.2, 0) is 16.4 Å². The molecule has 1 heterocycles. The smallest absolute Gasteiger partial charge is 0.271 e. The van der Waals surface area contributed by atoms with Crippen LogP contribution in [0.3, 0.4) is 0 Å². The maximum atomic E-state index is 11.3. The fourth-order valence-electron chi connectivity index (χ4n) is 1.68. The van der Waals surface area contributed by atoms with E-state index in [1.54, 1.807) is 12.1 Å². The summed E-state index contributed by atoms with van der Waals surface area (Å²) in [5.41, 5.74) is 0.502. The molecule has 0 unspecified atom stereocenters. The Morgan fingerprint density at radius 1 is 1.29 bits per heavy atom. The number of halogens is 1. The summed E-state index contributed by atoms with van der Waals surface area (Å²) in [6.07, 6.45) is 1.87. The molecule has 0 atom stereocenters. The first kappa shape index (κ1) is 15.5. The van der Waals surface area contributed by atoms with Crippen molar-refractivity contribution in [2.24, 2.45) is 5.14 Å². The van der Waals surface area contributed by atoms with Crippen molar-refractivity contribution in [3.8, 4) is 0 Å². The number of benzene rings is 1. The molecule has 0 aliphatic rings. The van der Waals surface area contributed by atoms with Gasteiger partial charge in [0, 0.05) is 6.54 Å². The quantitative estimate of drug-likeness (QED) is 0.747. The van der Waals surface area contributed by atoms with E-state index in [0.29, 0.717) is 18.8 Å². The number of nitrogens with zero attached hydrogens (tertiary/aromatic N) is 1. The number of sulfonamides is 1. The SMILES string of the molecule is NS(=O)(=O)c1ccc(CCNc2nc[nH]c(=O)c2Cl)cc1. The van der Waals surface area contributed by atoms with E-state index in [0.717, 1.165) is 5.56 Å². The molecule has 1 aromatic heterocycles. The molecule has 0 radical (unpaired) electrons. The van der Waals surface area contributed by atoms with Gasteiger partial charge >= 0.3 is 0 Å². The zero-order valence-corrected chi connectivity index (χ0v) is 12.4. The highest BCUT2D eigenvalue weighted by Crippen LogP contribution is 2.13. The highest BCUT2D eigenvalue weighted by atomic mass is 35.5. The number of hydrogen-bond donors (Lipinski definition) is 3. The summed E-state index contributed by atoms with van der Waals surface area (Å²) in [6.45, 7) is 0.491. The molecule has 2 aromatic rings. The van der Waals surface area contributed by atoms with Crippen molar-refractivity contribution in [3.05, 3.63) is 51.5 Å². The van der Waals surface area contributed by atoms with Gasteiger partial charge in [0.2, 0.25) is 10.0 Å². The zero-order chi connectivity index (χ0) is 15.5. The van der Waals surface area contributed by atoms with E-state index in [-0.39, 0.29) is 9.92 Å². The lowest BCUT2D eigenvalue weighted by atomic mass is 10.1. The van der Waals surface area contributed by atoms with Crippen LogP contribution in [0.4, 0.5) is 5.82 Å². The van der Waals surface area contributed by atoms with Crippen molar-refractivity contribution in [2.75, 3.05) is 11.9 Å². The largest absolute Gasteiger partial charge is 0.368 e. The third-order valence-corrected chi connectivity index (χ3v) is 4.03. The van der Waals surface area contributed by atoms with Crippen LogP contribution in [0.1, 0.15) is 5.56 Å². The molecule has 1 aromatic carbocycles. The minimum atomic E-state index is -3.67. The highest BCUT2D eigenvalue weighted by molar-refractivity contribution is 7.89. The number of aromatic amines is 1. The first-order valence-electron chi connectivity index (χ1n) is 5.97. The average Bonchev–Trinajstić information content (AvgIpc) is 2.43. The molecule has 0 saturated heterocycles. The summed E-state index contributed by atoms with van der Waals surface area (Å²) in [5, 5.41) is 7.96. The Hall–Kier alpha value is -1.90. The normalized spacial score (nSPS) is 11.3. The predicted octanol–water partition coefficient (Wildman–Crippen LogP) is 0.725. The number of nitrogens with two attached hydrogens (primary N) is 1. The van der Waals surface area contributed by atoms with Crippen molar-refractivity contribution >= 4 is 27.4 Å². The molecule has 0 aliphatic heterocycles.